The van der Waals surface area contributed by atoms with Crippen LogP contribution in [0.2, 0.25) is 0 Å². The lowest BCUT2D eigenvalue weighted by Crippen LogP contribution is -2.53. The lowest BCUT2D eigenvalue weighted by atomic mass is 10.1. The molecule has 100 valence electrons. The zero-order valence-corrected chi connectivity index (χ0v) is 11.5. The van der Waals surface area contributed by atoms with E-state index in [2.05, 4.69) is 11.0 Å². The molecular weight excluding hydrogens is 228 g/mol. The topological polar surface area (TPSA) is 50.6 Å². The molecule has 0 aromatic carbocycles. The van der Waals surface area contributed by atoms with Crippen molar-refractivity contribution in [2.45, 2.75) is 12.5 Å². The molecule has 1 aliphatic rings. The van der Waals surface area contributed by atoms with Gasteiger partial charge in [0.1, 0.15) is 0 Å². The Bertz CT molecular complexity index is 345. The van der Waals surface area contributed by atoms with Crippen LogP contribution in [0.1, 0.15) is 6.42 Å². The average molecular weight is 250 g/mol. The standard InChI is InChI=1S/C13H22N4O/c1-15(2)8-4-5-13(18)17-10-9-16(3)11-12(17)6-7-14/h4-5,12H,6,8-11H2,1-3H3/b5-4+/t12-/m0/s1. The van der Waals surface area contributed by atoms with Gasteiger partial charge in [-0.05, 0) is 21.1 Å². The molecule has 0 radical (unpaired) electrons. The zero-order valence-electron chi connectivity index (χ0n) is 11.5. The third kappa shape index (κ3) is 4.47. The van der Waals surface area contributed by atoms with Crippen LogP contribution in [-0.2, 0) is 4.79 Å². The Kier molecular flexibility index (Phi) is 5.83. The fourth-order valence-corrected chi connectivity index (χ4v) is 2.04. The monoisotopic (exact) mass is 250 g/mol. The normalized spacial score (nSPS) is 21.5. The van der Waals surface area contributed by atoms with Gasteiger partial charge in [-0.1, -0.05) is 6.08 Å². The summed E-state index contributed by atoms with van der Waals surface area (Å²) in [5, 5.41) is 8.82. The summed E-state index contributed by atoms with van der Waals surface area (Å²) in [6.45, 7) is 3.10. The maximum Gasteiger partial charge on any atom is 0.246 e. The predicted octanol–water partition coefficient (Wildman–Crippen LogP) is 0.160. The van der Waals surface area contributed by atoms with Gasteiger partial charge in [0.2, 0.25) is 5.91 Å². The van der Waals surface area contributed by atoms with Gasteiger partial charge in [0.15, 0.2) is 0 Å². The first kappa shape index (κ1) is 14.7. The zero-order chi connectivity index (χ0) is 13.5. The van der Waals surface area contributed by atoms with E-state index in [4.69, 9.17) is 5.26 Å². The average Bonchev–Trinajstić information content (AvgIpc) is 2.29. The van der Waals surface area contributed by atoms with Crippen molar-refractivity contribution in [2.24, 2.45) is 0 Å². The fourth-order valence-electron chi connectivity index (χ4n) is 2.04. The SMILES string of the molecule is CN(C)C/C=C/C(=O)N1CCN(C)C[C@@H]1CC#N. The van der Waals surface area contributed by atoms with Crippen molar-refractivity contribution >= 4 is 5.91 Å². The van der Waals surface area contributed by atoms with Gasteiger partial charge in [0.05, 0.1) is 18.5 Å². The highest BCUT2D eigenvalue weighted by atomic mass is 16.2. The molecule has 0 saturated carbocycles. The highest BCUT2D eigenvalue weighted by Crippen LogP contribution is 2.12. The Balaban J connectivity index is 2.59. The third-order valence-corrected chi connectivity index (χ3v) is 3.03. The van der Waals surface area contributed by atoms with Gasteiger partial charge in [-0.3, -0.25) is 4.79 Å². The van der Waals surface area contributed by atoms with Crippen LogP contribution < -0.4 is 0 Å². The minimum atomic E-state index is 0.0187. The van der Waals surface area contributed by atoms with E-state index in [0.29, 0.717) is 13.0 Å². The molecule has 5 nitrogen and oxygen atoms in total. The van der Waals surface area contributed by atoms with E-state index in [9.17, 15) is 4.79 Å². The largest absolute Gasteiger partial charge is 0.333 e. The van der Waals surface area contributed by atoms with Crippen LogP contribution >= 0.6 is 0 Å². The maximum absolute atomic E-state index is 12.1. The van der Waals surface area contributed by atoms with Gasteiger partial charge in [-0.15, -0.1) is 0 Å². The summed E-state index contributed by atoms with van der Waals surface area (Å²) in [6, 6.07) is 2.18. The first-order valence-corrected chi connectivity index (χ1v) is 6.22. The summed E-state index contributed by atoms with van der Waals surface area (Å²) in [7, 11) is 5.94. The van der Waals surface area contributed by atoms with Crippen molar-refractivity contribution in [3.8, 4) is 6.07 Å². The first-order chi connectivity index (χ1) is 8.54. The molecule has 0 N–H and O–H groups in total. The molecule has 1 heterocycles. The predicted molar refractivity (Wildman–Crippen MR) is 70.9 cm³/mol. The molecule has 1 saturated heterocycles. The van der Waals surface area contributed by atoms with Crippen LogP contribution in [0.25, 0.3) is 0 Å². The molecule has 1 amide bonds. The summed E-state index contributed by atoms with van der Waals surface area (Å²) >= 11 is 0. The second-order valence-corrected chi connectivity index (χ2v) is 4.97. The third-order valence-electron chi connectivity index (χ3n) is 3.03. The number of piperazine rings is 1. The molecular formula is C13H22N4O. The molecule has 5 heteroatoms. The summed E-state index contributed by atoms with van der Waals surface area (Å²) in [5.74, 6) is 0.0187. The van der Waals surface area contributed by atoms with Crippen LogP contribution in [0.5, 0.6) is 0 Å². The second kappa shape index (κ2) is 7.14. The Hall–Kier alpha value is -1.38. The molecule has 0 aliphatic carbocycles. The van der Waals surface area contributed by atoms with Crippen LogP contribution in [0.15, 0.2) is 12.2 Å². The lowest BCUT2D eigenvalue weighted by Gasteiger charge is -2.38. The number of nitrogens with zero attached hydrogens (tertiary/aromatic N) is 4. The van der Waals surface area contributed by atoms with Gasteiger partial charge >= 0.3 is 0 Å². The number of hydrogen-bond donors (Lipinski definition) is 0. The summed E-state index contributed by atoms with van der Waals surface area (Å²) in [5.41, 5.74) is 0. The molecule has 1 atom stereocenters. The summed E-state index contributed by atoms with van der Waals surface area (Å²) < 4.78 is 0. The van der Waals surface area contributed by atoms with E-state index >= 15 is 0 Å². The molecule has 0 aromatic heterocycles. The molecule has 1 rings (SSSR count). The van der Waals surface area contributed by atoms with E-state index in [1.54, 1.807) is 6.08 Å². The van der Waals surface area contributed by atoms with E-state index in [0.717, 1.165) is 19.6 Å². The molecule has 18 heavy (non-hydrogen) atoms. The second-order valence-electron chi connectivity index (χ2n) is 4.97. The Labute approximate surface area is 109 Å². The van der Waals surface area contributed by atoms with Gasteiger partial charge in [-0.25, -0.2) is 0 Å². The Morgan fingerprint density at radius 2 is 2.22 bits per heavy atom. The van der Waals surface area contributed by atoms with Gasteiger partial charge in [0, 0.05) is 32.3 Å². The minimum absolute atomic E-state index is 0.0187. The number of likely N-dealkylation sites (N-methyl/N-ethyl adjacent to an activating group) is 2. The van der Waals surface area contributed by atoms with Crippen molar-refractivity contribution in [3.63, 3.8) is 0 Å². The van der Waals surface area contributed by atoms with Crippen molar-refractivity contribution in [1.82, 2.24) is 14.7 Å². The molecule has 0 aromatic rings. The Morgan fingerprint density at radius 3 is 2.83 bits per heavy atom. The summed E-state index contributed by atoms with van der Waals surface area (Å²) in [4.78, 5) is 18.0. The Morgan fingerprint density at radius 1 is 1.50 bits per heavy atom. The van der Waals surface area contributed by atoms with Gasteiger partial charge in [-0.2, -0.15) is 5.26 Å². The molecule has 0 unspecified atom stereocenters. The van der Waals surface area contributed by atoms with E-state index in [-0.39, 0.29) is 11.9 Å². The number of carbonyl (C=O) groups is 1. The van der Waals surface area contributed by atoms with Crippen LogP contribution in [0.4, 0.5) is 0 Å². The minimum Gasteiger partial charge on any atom is -0.333 e. The van der Waals surface area contributed by atoms with Crippen LogP contribution in [-0.4, -0.2) is 74.0 Å². The lowest BCUT2D eigenvalue weighted by molar-refractivity contribution is -0.130. The van der Waals surface area contributed by atoms with Crippen molar-refractivity contribution in [3.05, 3.63) is 12.2 Å². The van der Waals surface area contributed by atoms with E-state index in [1.807, 2.05) is 37.0 Å². The van der Waals surface area contributed by atoms with E-state index < -0.39 is 0 Å². The molecule has 0 spiro atoms. The highest BCUT2D eigenvalue weighted by Gasteiger charge is 2.27. The molecule has 1 fully saturated rings. The number of carbonyl (C=O) groups excluding carboxylic acids is 1. The number of nitriles is 1. The maximum atomic E-state index is 12.1. The quantitative estimate of drug-likeness (QED) is 0.667. The number of hydrogen-bond acceptors (Lipinski definition) is 4. The van der Waals surface area contributed by atoms with Crippen molar-refractivity contribution < 1.29 is 4.79 Å². The number of amides is 1. The van der Waals surface area contributed by atoms with Crippen LogP contribution in [0, 0.1) is 11.3 Å². The highest BCUT2D eigenvalue weighted by molar-refractivity contribution is 5.88. The van der Waals surface area contributed by atoms with Crippen molar-refractivity contribution in [2.75, 3.05) is 47.3 Å². The van der Waals surface area contributed by atoms with Crippen molar-refractivity contribution in [1.29, 1.82) is 5.26 Å². The van der Waals surface area contributed by atoms with Gasteiger partial charge in [0.25, 0.3) is 0 Å². The smallest absolute Gasteiger partial charge is 0.246 e. The van der Waals surface area contributed by atoms with Crippen LogP contribution in [0.3, 0.4) is 0 Å². The molecule has 0 bridgehead atoms. The number of rotatable bonds is 4. The summed E-state index contributed by atoms with van der Waals surface area (Å²) in [6.07, 6.45) is 3.89. The van der Waals surface area contributed by atoms with Gasteiger partial charge < -0.3 is 14.7 Å². The molecule has 1 aliphatic heterocycles. The first-order valence-electron chi connectivity index (χ1n) is 6.22. The van der Waals surface area contributed by atoms with E-state index in [1.165, 1.54) is 0 Å². The fraction of sp³-hybridized carbons (Fsp3) is 0.692.